The lowest BCUT2D eigenvalue weighted by atomic mass is 9.92. The highest BCUT2D eigenvalue weighted by Crippen LogP contribution is 2.32. The molecule has 5 amide bonds. The average Bonchev–Trinajstić information content (AvgIpc) is 3.79. The number of ether oxygens (including phenoxy) is 2. The number of amides is 5. The third-order valence-electron chi connectivity index (χ3n) is 11.5. The van der Waals surface area contributed by atoms with Crippen molar-refractivity contribution in [3.63, 3.8) is 0 Å². The van der Waals surface area contributed by atoms with Crippen LogP contribution in [-0.2, 0) is 35.1 Å². The van der Waals surface area contributed by atoms with Crippen LogP contribution in [0.5, 0.6) is 0 Å². The van der Waals surface area contributed by atoms with Crippen molar-refractivity contribution in [1.29, 1.82) is 0 Å². The van der Waals surface area contributed by atoms with Gasteiger partial charge in [-0.1, -0.05) is 76.5 Å². The molecule has 3 aromatic rings. The maximum Gasteiger partial charge on any atom is 0.426 e. The zero-order valence-corrected chi connectivity index (χ0v) is 41.5. The van der Waals surface area contributed by atoms with Crippen LogP contribution in [0.25, 0.3) is 0 Å². The number of carbonyl (C=O) groups excluding carboxylic acids is 6. The predicted molar refractivity (Wildman–Crippen MR) is 255 cm³/mol. The second kappa shape index (κ2) is 27.1. The van der Waals surface area contributed by atoms with Crippen LogP contribution in [0.15, 0.2) is 59.1 Å². The molecule has 1 aliphatic heterocycles. The molecule has 2 aromatic heterocycles. The molecule has 3 heterocycles. The van der Waals surface area contributed by atoms with Gasteiger partial charge in [-0.15, -0.1) is 11.3 Å². The molecule has 16 nitrogen and oxygen atoms in total. The molecule has 0 aliphatic carbocycles. The first kappa shape index (κ1) is 53.8. The first-order valence-corrected chi connectivity index (χ1v) is 25.5. The van der Waals surface area contributed by atoms with Gasteiger partial charge in [0.1, 0.15) is 34.2 Å². The first-order valence-electron chi connectivity index (χ1n) is 22.4. The van der Waals surface area contributed by atoms with E-state index in [1.165, 1.54) is 40.6 Å². The molecule has 20 heteroatoms. The Morgan fingerprint density at radius 3 is 2.39 bits per heavy atom. The number of hydrazine groups is 1. The van der Waals surface area contributed by atoms with Crippen LogP contribution in [0.1, 0.15) is 107 Å². The van der Waals surface area contributed by atoms with E-state index in [1.54, 1.807) is 42.6 Å². The Morgan fingerprint density at radius 2 is 1.74 bits per heavy atom. The minimum Gasteiger partial charge on any atom is -0.455 e. The molecule has 4 rings (SSSR count). The summed E-state index contributed by atoms with van der Waals surface area (Å²) >= 11 is 1.13. The number of esters is 1. The molecule has 1 aromatic carbocycles. The molecule has 0 saturated carbocycles. The van der Waals surface area contributed by atoms with E-state index < -0.39 is 59.8 Å². The number of carbonyl (C=O) groups is 6. The number of rotatable bonds is 23. The number of hydrogen-bond acceptors (Lipinski definition) is 14. The SMILES string of the molecule is CC[C@H](C)C(NC(=O)C1CCCCN1C)C(=O)N(C)[C@H](C[C@@H](OC(C)=O)c1nc(C(=O)N[C@@H](Cc2ccc(F)cc2)C[C@H](C)C(=O)NNC(=O)OCCSSc2ccccn2)cs1)C(C)C. The number of nitrogens with one attached hydrogen (secondary N) is 4. The Bertz CT molecular complexity index is 2050. The second-order valence-corrected chi connectivity index (χ2v) is 20.3. The number of halogens is 1. The topological polar surface area (TPSA) is 201 Å². The number of benzene rings is 1. The highest BCUT2D eigenvalue weighted by atomic mass is 33.1. The van der Waals surface area contributed by atoms with E-state index in [-0.39, 0.29) is 61.3 Å². The maximum atomic E-state index is 14.3. The van der Waals surface area contributed by atoms with E-state index in [1.807, 2.05) is 57.8 Å². The fraction of sp³-hybridized carbons (Fsp3) is 0.565. The van der Waals surface area contributed by atoms with E-state index in [4.69, 9.17) is 9.47 Å². The van der Waals surface area contributed by atoms with Gasteiger partial charge in [-0.2, -0.15) is 0 Å². The fourth-order valence-corrected chi connectivity index (χ4v) is 10.1. The molecule has 4 N–H and O–H groups in total. The van der Waals surface area contributed by atoms with E-state index in [2.05, 4.69) is 31.5 Å². The van der Waals surface area contributed by atoms with Gasteiger partial charge in [-0.25, -0.2) is 24.6 Å². The zero-order valence-electron chi connectivity index (χ0n) is 39.0. The molecular formula is C46H65FN8O8S3. The summed E-state index contributed by atoms with van der Waals surface area (Å²) in [6, 6.07) is 9.22. The summed E-state index contributed by atoms with van der Waals surface area (Å²) in [6.45, 7) is 11.7. The van der Waals surface area contributed by atoms with Crippen LogP contribution in [0.3, 0.4) is 0 Å². The fourth-order valence-electron chi connectivity index (χ4n) is 7.59. The molecular weight excluding hydrogens is 908 g/mol. The zero-order chi connectivity index (χ0) is 48.3. The minimum atomic E-state index is -0.911. The lowest BCUT2D eigenvalue weighted by Gasteiger charge is -2.38. The van der Waals surface area contributed by atoms with Gasteiger partial charge in [-0.3, -0.25) is 34.3 Å². The van der Waals surface area contributed by atoms with E-state index in [0.29, 0.717) is 22.7 Å². The molecule has 362 valence electrons. The number of nitrogens with zero attached hydrogens (tertiary/aromatic N) is 4. The number of likely N-dealkylation sites (tertiary alicyclic amines) is 1. The largest absolute Gasteiger partial charge is 0.455 e. The van der Waals surface area contributed by atoms with Crippen molar-refractivity contribution in [3.05, 3.63) is 76.1 Å². The lowest BCUT2D eigenvalue weighted by Crippen LogP contribution is -2.58. The number of thiazole rings is 1. The van der Waals surface area contributed by atoms with Crippen LogP contribution < -0.4 is 21.5 Å². The van der Waals surface area contributed by atoms with Crippen molar-refractivity contribution in [2.45, 2.75) is 122 Å². The van der Waals surface area contributed by atoms with Crippen LogP contribution in [0, 0.1) is 23.6 Å². The number of hydrogen-bond donors (Lipinski definition) is 4. The smallest absolute Gasteiger partial charge is 0.426 e. The summed E-state index contributed by atoms with van der Waals surface area (Å²) in [5, 5.41) is 8.77. The number of aromatic nitrogens is 2. The molecule has 1 saturated heterocycles. The van der Waals surface area contributed by atoms with Crippen molar-refractivity contribution in [2.24, 2.45) is 17.8 Å². The Labute approximate surface area is 399 Å². The monoisotopic (exact) mass is 972 g/mol. The quantitative estimate of drug-likeness (QED) is 0.0338. The van der Waals surface area contributed by atoms with E-state index >= 15 is 0 Å². The molecule has 1 aliphatic rings. The highest BCUT2D eigenvalue weighted by Gasteiger charge is 2.37. The van der Waals surface area contributed by atoms with Gasteiger partial charge in [0.2, 0.25) is 17.7 Å². The maximum absolute atomic E-state index is 14.3. The third-order valence-corrected chi connectivity index (χ3v) is 14.7. The minimum absolute atomic E-state index is 0.0483. The Balaban J connectivity index is 1.42. The molecule has 1 fully saturated rings. The van der Waals surface area contributed by atoms with Gasteiger partial charge in [-0.05, 0) is 91.7 Å². The van der Waals surface area contributed by atoms with Crippen molar-refractivity contribution in [3.8, 4) is 0 Å². The van der Waals surface area contributed by atoms with Crippen LogP contribution >= 0.6 is 32.9 Å². The van der Waals surface area contributed by atoms with Gasteiger partial charge in [0.25, 0.3) is 5.91 Å². The summed E-state index contributed by atoms with van der Waals surface area (Å²) in [5.41, 5.74) is 5.39. The Kier molecular flexibility index (Phi) is 22.1. The standard InChI is InChI=1S/C46H65FN8O8S3/c1-9-29(4)40(51-43(59)36-14-11-13-21-54(36)7)45(60)55(8)37(28(2)3)26-38(63-31(6)56)44-50-35(27-64-44)42(58)49-34(25-32-16-18-33(47)19-17-32)24-30(5)41(57)52-53-46(61)62-22-23-65-66-39-15-10-12-20-48-39/h10,12,15-20,27-30,34,36-38,40H,9,11,13-14,21-26H2,1-8H3,(H,49,58)(H,51,59)(H,52,57)(H,53,61)/t29-,30-,34+,36?,37+,38+,40?/m0/s1. The molecule has 0 bridgehead atoms. The van der Waals surface area contributed by atoms with Crippen molar-refractivity contribution in [2.75, 3.05) is 33.0 Å². The predicted octanol–water partition coefficient (Wildman–Crippen LogP) is 6.73. The Morgan fingerprint density at radius 1 is 1.00 bits per heavy atom. The van der Waals surface area contributed by atoms with Crippen LogP contribution in [0.2, 0.25) is 0 Å². The van der Waals surface area contributed by atoms with Crippen LogP contribution in [-0.4, -0.2) is 113 Å². The molecule has 0 radical (unpaired) electrons. The molecule has 0 spiro atoms. The third kappa shape index (κ3) is 17.1. The summed E-state index contributed by atoms with van der Waals surface area (Å²) in [7, 11) is 6.54. The lowest BCUT2D eigenvalue weighted by molar-refractivity contribution is -0.149. The average molecular weight is 973 g/mol. The number of piperidine rings is 1. The van der Waals surface area contributed by atoms with Gasteiger partial charge >= 0.3 is 12.1 Å². The highest BCUT2D eigenvalue weighted by molar-refractivity contribution is 8.76. The second-order valence-electron chi connectivity index (χ2n) is 17.0. The summed E-state index contributed by atoms with van der Waals surface area (Å²) in [5.74, 6) is -2.95. The summed E-state index contributed by atoms with van der Waals surface area (Å²) in [4.78, 5) is 92.1. The van der Waals surface area contributed by atoms with Crippen LogP contribution in [0.4, 0.5) is 9.18 Å². The summed E-state index contributed by atoms with van der Waals surface area (Å²) < 4.78 is 24.8. The van der Waals surface area contributed by atoms with Gasteiger partial charge in [0, 0.05) is 55.7 Å². The van der Waals surface area contributed by atoms with Crippen molar-refractivity contribution < 1.29 is 42.6 Å². The van der Waals surface area contributed by atoms with E-state index in [9.17, 15) is 33.2 Å². The molecule has 2 unspecified atom stereocenters. The van der Waals surface area contributed by atoms with Gasteiger partial charge < -0.3 is 25.0 Å². The number of pyridine rings is 1. The van der Waals surface area contributed by atoms with Gasteiger partial charge in [0.05, 0.1) is 6.04 Å². The number of likely N-dealkylation sites (N-methyl/N-ethyl adjacent to an activating group) is 2. The van der Waals surface area contributed by atoms with Gasteiger partial charge in [0.15, 0.2) is 6.10 Å². The van der Waals surface area contributed by atoms with E-state index in [0.717, 1.165) is 42.2 Å². The van der Waals surface area contributed by atoms with Crippen molar-refractivity contribution in [1.82, 2.24) is 41.3 Å². The molecule has 66 heavy (non-hydrogen) atoms. The Hall–Kier alpha value is -4.79. The first-order chi connectivity index (χ1) is 31.5. The normalized spacial score (nSPS) is 16.7. The summed E-state index contributed by atoms with van der Waals surface area (Å²) in [6.07, 6.45) is 3.85. The molecule has 7 atom stereocenters. The van der Waals surface area contributed by atoms with Crippen molar-refractivity contribution >= 4 is 68.6 Å².